The number of hydrogen-bond donors (Lipinski definition) is 1. The summed E-state index contributed by atoms with van der Waals surface area (Å²) < 4.78 is 14.2. The second kappa shape index (κ2) is 7.04. The maximum Gasteiger partial charge on any atom is 0.146 e. The first-order valence-corrected chi connectivity index (χ1v) is 7.49. The largest absolute Gasteiger partial charge is 0.372 e. The van der Waals surface area contributed by atoms with Crippen LogP contribution in [-0.2, 0) is 6.54 Å². The predicted molar refractivity (Wildman–Crippen MR) is 82.7 cm³/mol. The van der Waals surface area contributed by atoms with Gasteiger partial charge in [-0.3, -0.25) is 0 Å². The summed E-state index contributed by atoms with van der Waals surface area (Å²) in [7, 11) is 4.16. The predicted octanol–water partition coefficient (Wildman–Crippen LogP) is 2.32. The molecule has 112 valence electrons. The Morgan fingerprint density at radius 3 is 2.90 bits per heavy atom. The summed E-state index contributed by atoms with van der Waals surface area (Å²) in [5.74, 6) is 0.519. The first-order chi connectivity index (χ1) is 9.61. The summed E-state index contributed by atoms with van der Waals surface area (Å²) in [6.07, 6.45) is 1.21. The summed E-state index contributed by atoms with van der Waals surface area (Å²) in [6, 6.07) is 5.36. The zero-order valence-electron chi connectivity index (χ0n) is 12.8. The van der Waals surface area contributed by atoms with Gasteiger partial charge < -0.3 is 15.1 Å². The van der Waals surface area contributed by atoms with Crippen molar-refractivity contribution in [3.63, 3.8) is 0 Å². The minimum absolute atomic E-state index is 0.116. The van der Waals surface area contributed by atoms with Crippen LogP contribution >= 0.6 is 0 Å². The Bertz CT molecular complexity index is 436. The molecule has 0 spiro atoms. The van der Waals surface area contributed by atoms with Crippen LogP contribution in [0, 0.1) is 11.7 Å². The van der Waals surface area contributed by atoms with E-state index in [0.29, 0.717) is 5.92 Å². The Morgan fingerprint density at radius 2 is 2.25 bits per heavy atom. The SMILES string of the molecule is CCNCc1cccc(F)c1N(C)CC1CCN(C)C1. The molecule has 0 aromatic heterocycles. The van der Waals surface area contributed by atoms with Crippen molar-refractivity contribution in [2.24, 2.45) is 5.92 Å². The van der Waals surface area contributed by atoms with Crippen LogP contribution in [0.1, 0.15) is 18.9 Å². The average molecular weight is 279 g/mol. The molecule has 2 rings (SSSR count). The molecule has 0 radical (unpaired) electrons. The summed E-state index contributed by atoms with van der Waals surface area (Å²) in [6.45, 7) is 6.87. The molecule has 1 aromatic rings. The third kappa shape index (κ3) is 3.70. The van der Waals surface area contributed by atoms with Crippen molar-refractivity contribution in [3.8, 4) is 0 Å². The van der Waals surface area contributed by atoms with E-state index in [0.717, 1.165) is 44.0 Å². The van der Waals surface area contributed by atoms with Gasteiger partial charge in [0.2, 0.25) is 0 Å². The van der Waals surface area contributed by atoms with E-state index in [2.05, 4.69) is 29.1 Å². The highest BCUT2D eigenvalue weighted by atomic mass is 19.1. The zero-order valence-corrected chi connectivity index (χ0v) is 12.8. The average Bonchev–Trinajstić information content (AvgIpc) is 2.81. The third-order valence-corrected chi connectivity index (χ3v) is 4.04. The van der Waals surface area contributed by atoms with Gasteiger partial charge in [0.25, 0.3) is 0 Å². The Hall–Kier alpha value is -1.13. The topological polar surface area (TPSA) is 18.5 Å². The van der Waals surface area contributed by atoms with Gasteiger partial charge in [-0.25, -0.2) is 4.39 Å². The number of benzene rings is 1. The molecule has 0 bridgehead atoms. The molecule has 0 amide bonds. The normalized spacial score (nSPS) is 19.5. The van der Waals surface area contributed by atoms with E-state index in [4.69, 9.17) is 0 Å². The Balaban J connectivity index is 2.09. The molecule has 1 unspecified atom stereocenters. The Labute approximate surface area is 121 Å². The molecule has 0 saturated carbocycles. The van der Waals surface area contributed by atoms with Gasteiger partial charge in [-0.2, -0.15) is 0 Å². The lowest BCUT2D eigenvalue weighted by Gasteiger charge is -2.26. The second-order valence-corrected chi connectivity index (χ2v) is 5.83. The van der Waals surface area contributed by atoms with Gasteiger partial charge in [0.15, 0.2) is 0 Å². The molecule has 1 fully saturated rings. The molecular weight excluding hydrogens is 253 g/mol. The lowest BCUT2D eigenvalue weighted by atomic mass is 10.1. The van der Waals surface area contributed by atoms with Gasteiger partial charge in [0.05, 0.1) is 5.69 Å². The molecule has 1 heterocycles. The highest BCUT2D eigenvalue weighted by Gasteiger charge is 2.22. The van der Waals surface area contributed by atoms with Gasteiger partial charge in [-0.1, -0.05) is 19.1 Å². The summed E-state index contributed by atoms with van der Waals surface area (Å²) in [4.78, 5) is 4.44. The number of nitrogens with one attached hydrogen (secondary N) is 1. The van der Waals surface area contributed by atoms with Crippen molar-refractivity contribution in [2.45, 2.75) is 19.9 Å². The van der Waals surface area contributed by atoms with Gasteiger partial charge in [0.1, 0.15) is 5.82 Å². The first kappa shape index (κ1) is 15.3. The van der Waals surface area contributed by atoms with Crippen LogP contribution in [0.25, 0.3) is 0 Å². The Morgan fingerprint density at radius 1 is 1.45 bits per heavy atom. The van der Waals surface area contributed by atoms with E-state index in [9.17, 15) is 4.39 Å². The molecule has 1 aromatic carbocycles. The van der Waals surface area contributed by atoms with E-state index >= 15 is 0 Å². The summed E-state index contributed by atoms with van der Waals surface area (Å²) in [5.41, 5.74) is 1.80. The molecule has 1 atom stereocenters. The van der Waals surface area contributed by atoms with Crippen molar-refractivity contribution in [1.29, 1.82) is 0 Å². The van der Waals surface area contributed by atoms with Crippen LogP contribution in [0.2, 0.25) is 0 Å². The number of anilines is 1. The standard InChI is InChI=1S/C16H26FN3/c1-4-18-10-14-6-5-7-15(17)16(14)20(3)12-13-8-9-19(2)11-13/h5-7,13,18H,4,8-12H2,1-3H3. The number of para-hydroxylation sites is 1. The highest BCUT2D eigenvalue weighted by Crippen LogP contribution is 2.26. The quantitative estimate of drug-likeness (QED) is 0.862. The highest BCUT2D eigenvalue weighted by molar-refractivity contribution is 5.54. The van der Waals surface area contributed by atoms with E-state index in [1.54, 1.807) is 12.1 Å². The van der Waals surface area contributed by atoms with E-state index < -0.39 is 0 Å². The maximum atomic E-state index is 14.2. The van der Waals surface area contributed by atoms with Crippen molar-refractivity contribution in [3.05, 3.63) is 29.6 Å². The van der Waals surface area contributed by atoms with Crippen molar-refractivity contribution in [2.75, 3.05) is 45.2 Å². The van der Waals surface area contributed by atoms with Gasteiger partial charge in [-0.05, 0) is 44.1 Å². The third-order valence-electron chi connectivity index (χ3n) is 4.04. The molecule has 0 aliphatic carbocycles. The van der Waals surface area contributed by atoms with Crippen molar-refractivity contribution in [1.82, 2.24) is 10.2 Å². The fourth-order valence-electron chi connectivity index (χ4n) is 3.04. The van der Waals surface area contributed by atoms with Crippen LogP contribution in [0.3, 0.4) is 0 Å². The zero-order chi connectivity index (χ0) is 14.5. The molecule has 1 aliphatic rings. The summed E-state index contributed by atoms with van der Waals surface area (Å²) >= 11 is 0. The fourth-order valence-corrected chi connectivity index (χ4v) is 3.04. The second-order valence-electron chi connectivity index (χ2n) is 5.83. The number of nitrogens with zero attached hydrogens (tertiary/aromatic N) is 2. The van der Waals surface area contributed by atoms with Crippen LogP contribution in [0.4, 0.5) is 10.1 Å². The monoisotopic (exact) mass is 279 g/mol. The minimum atomic E-state index is -0.116. The van der Waals surface area contributed by atoms with E-state index in [1.165, 1.54) is 6.42 Å². The van der Waals surface area contributed by atoms with Gasteiger partial charge in [-0.15, -0.1) is 0 Å². The number of hydrogen-bond acceptors (Lipinski definition) is 3. The molecule has 1 N–H and O–H groups in total. The fraction of sp³-hybridized carbons (Fsp3) is 0.625. The van der Waals surface area contributed by atoms with Crippen molar-refractivity contribution < 1.29 is 4.39 Å². The molecule has 20 heavy (non-hydrogen) atoms. The first-order valence-electron chi connectivity index (χ1n) is 7.49. The van der Waals surface area contributed by atoms with E-state index in [-0.39, 0.29) is 5.82 Å². The van der Waals surface area contributed by atoms with Gasteiger partial charge >= 0.3 is 0 Å². The lowest BCUT2D eigenvalue weighted by molar-refractivity contribution is 0.395. The smallest absolute Gasteiger partial charge is 0.146 e. The molecule has 3 nitrogen and oxygen atoms in total. The number of halogens is 1. The van der Waals surface area contributed by atoms with Crippen molar-refractivity contribution >= 4 is 5.69 Å². The molecule has 1 aliphatic heterocycles. The number of rotatable bonds is 6. The van der Waals surface area contributed by atoms with Crippen LogP contribution in [0.5, 0.6) is 0 Å². The summed E-state index contributed by atoms with van der Waals surface area (Å²) in [5, 5.41) is 3.29. The molecule has 4 heteroatoms. The van der Waals surface area contributed by atoms with E-state index in [1.807, 2.05) is 13.1 Å². The number of likely N-dealkylation sites (tertiary alicyclic amines) is 1. The lowest BCUT2D eigenvalue weighted by Crippen LogP contribution is -2.29. The van der Waals surface area contributed by atoms with Crippen LogP contribution in [0.15, 0.2) is 18.2 Å². The van der Waals surface area contributed by atoms with Crippen LogP contribution < -0.4 is 10.2 Å². The Kier molecular flexibility index (Phi) is 5.38. The minimum Gasteiger partial charge on any atom is -0.372 e. The maximum absolute atomic E-state index is 14.2. The van der Waals surface area contributed by atoms with Crippen LogP contribution in [-0.4, -0.2) is 45.2 Å². The molecular formula is C16H26FN3. The van der Waals surface area contributed by atoms with Gasteiger partial charge in [0, 0.05) is 26.7 Å². The molecule has 1 saturated heterocycles.